The number of amides is 1. The Morgan fingerprint density at radius 1 is 1.40 bits per heavy atom. The molecule has 0 unspecified atom stereocenters. The number of carbonyl (C=O) groups excluding carboxylic acids is 1. The Hall–Kier alpha value is -0.460. The lowest BCUT2D eigenvalue weighted by atomic mass is 10.3. The highest BCUT2D eigenvalue weighted by atomic mass is 35.5. The maximum absolute atomic E-state index is 11.2. The molecule has 1 rings (SSSR count). The monoisotopic (exact) mass is 363 g/mol. The normalized spacial score (nSPS) is 9.15. The van der Waals surface area contributed by atoms with E-state index < -0.39 is 0 Å². The van der Waals surface area contributed by atoms with E-state index in [2.05, 4.69) is 10.3 Å². The third-order valence-corrected chi connectivity index (χ3v) is 2.52. The zero-order chi connectivity index (χ0) is 13.4. The van der Waals surface area contributed by atoms with Crippen molar-refractivity contribution in [2.45, 2.75) is 12.8 Å². The standard InChI is InChI=1S/C11H15Cl2N3O2.2ClH/c12-8-6-9(13)11(16-7-8)18-5-4-15-10(17)2-1-3-14;;/h6-7H,1-5,14H2,(H,15,17);2*1H. The Kier molecular flexibility index (Phi) is 13.4. The van der Waals surface area contributed by atoms with Crippen molar-refractivity contribution >= 4 is 53.9 Å². The molecule has 5 nitrogen and oxygen atoms in total. The quantitative estimate of drug-likeness (QED) is 0.728. The van der Waals surface area contributed by atoms with E-state index in [-0.39, 0.29) is 30.7 Å². The first kappa shape index (κ1) is 21.8. The fourth-order valence-corrected chi connectivity index (χ4v) is 1.63. The van der Waals surface area contributed by atoms with E-state index >= 15 is 0 Å². The van der Waals surface area contributed by atoms with Gasteiger partial charge in [0.25, 0.3) is 0 Å². The minimum absolute atomic E-state index is 0. The molecule has 1 amide bonds. The average molecular weight is 365 g/mol. The van der Waals surface area contributed by atoms with E-state index in [1.54, 1.807) is 6.07 Å². The minimum Gasteiger partial charge on any atom is -0.475 e. The summed E-state index contributed by atoms with van der Waals surface area (Å²) in [5, 5.41) is 3.49. The Morgan fingerprint density at radius 3 is 2.70 bits per heavy atom. The molecule has 0 aliphatic rings. The van der Waals surface area contributed by atoms with Crippen LogP contribution in [-0.2, 0) is 4.79 Å². The molecule has 0 aliphatic heterocycles. The van der Waals surface area contributed by atoms with Gasteiger partial charge in [-0.25, -0.2) is 4.98 Å². The number of carbonyl (C=O) groups is 1. The largest absolute Gasteiger partial charge is 0.475 e. The van der Waals surface area contributed by atoms with Crippen LogP contribution in [0.5, 0.6) is 5.88 Å². The number of nitrogens with one attached hydrogen (secondary N) is 1. The zero-order valence-electron chi connectivity index (χ0n) is 10.6. The van der Waals surface area contributed by atoms with Crippen molar-refractivity contribution in [2.24, 2.45) is 5.73 Å². The zero-order valence-corrected chi connectivity index (χ0v) is 13.7. The van der Waals surface area contributed by atoms with Crippen molar-refractivity contribution in [3.63, 3.8) is 0 Å². The second kappa shape index (κ2) is 12.3. The first-order chi connectivity index (χ1) is 8.63. The van der Waals surface area contributed by atoms with Crippen molar-refractivity contribution in [3.8, 4) is 5.88 Å². The van der Waals surface area contributed by atoms with Crippen molar-refractivity contribution < 1.29 is 9.53 Å². The van der Waals surface area contributed by atoms with Gasteiger partial charge in [-0.1, -0.05) is 23.2 Å². The molecule has 0 aliphatic carbocycles. The lowest BCUT2D eigenvalue weighted by Gasteiger charge is -2.08. The summed E-state index contributed by atoms with van der Waals surface area (Å²) in [6.45, 7) is 1.20. The van der Waals surface area contributed by atoms with Gasteiger partial charge in [-0.15, -0.1) is 24.8 Å². The van der Waals surface area contributed by atoms with Gasteiger partial charge in [0.15, 0.2) is 0 Å². The first-order valence-electron chi connectivity index (χ1n) is 5.54. The number of hydrogen-bond acceptors (Lipinski definition) is 4. The Balaban J connectivity index is 0. The molecule has 0 bridgehead atoms. The van der Waals surface area contributed by atoms with Crippen LogP contribution in [0.4, 0.5) is 0 Å². The molecule has 1 heterocycles. The van der Waals surface area contributed by atoms with Crippen molar-refractivity contribution in [1.29, 1.82) is 0 Å². The number of aromatic nitrogens is 1. The number of halogens is 4. The van der Waals surface area contributed by atoms with Crippen LogP contribution in [-0.4, -0.2) is 30.6 Å². The highest BCUT2D eigenvalue weighted by molar-refractivity contribution is 6.35. The first-order valence-corrected chi connectivity index (χ1v) is 6.29. The summed E-state index contributed by atoms with van der Waals surface area (Å²) in [6.07, 6.45) is 2.55. The molecule has 0 radical (unpaired) electrons. The molecule has 116 valence electrons. The lowest BCUT2D eigenvalue weighted by Crippen LogP contribution is -2.28. The summed E-state index contributed by atoms with van der Waals surface area (Å²) >= 11 is 11.6. The van der Waals surface area contributed by atoms with Crippen LogP contribution in [0.3, 0.4) is 0 Å². The van der Waals surface area contributed by atoms with Gasteiger partial charge in [-0.3, -0.25) is 4.79 Å². The Morgan fingerprint density at radius 2 is 2.10 bits per heavy atom. The van der Waals surface area contributed by atoms with Crippen molar-refractivity contribution in [3.05, 3.63) is 22.3 Å². The van der Waals surface area contributed by atoms with Crippen LogP contribution >= 0.6 is 48.0 Å². The fourth-order valence-electron chi connectivity index (χ4n) is 1.20. The third kappa shape index (κ3) is 8.66. The number of nitrogens with two attached hydrogens (primary N) is 1. The van der Waals surface area contributed by atoms with Crippen molar-refractivity contribution in [1.82, 2.24) is 10.3 Å². The highest BCUT2D eigenvalue weighted by Gasteiger charge is 2.04. The summed E-state index contributed by atoms with van der Waals surface area (Å²) in [5.41, 5.74) is 5.30. The second-order valence-electron chi connectivity index (χ2n) is 3.53. The van der Waals surface area contributed by atoms with Crippen LogP contribution in [0.1, 0.15) is 12.8 Å². The van der Waals surface area contributed by atoms with Gasteiger partial charge in [-0.2, -0.15) is 0 Å². The van der Waals surface area contributed by atoms with Crippen LogP contribution < -0.4 is 15.8 Å². The summed E-state index contributed by atoms with van der Waals surface area (Å²) in [6, 6.07) is 1.55. The van der Waals surface area contributed by atoms with Crippen LogP contribution in [0.2, 0.25) is 10.0 Å². The predicted octanol–water partition coefficient (Wildman–Crippen LogP) is 2.47. The molecule has 0 spiro atoms. The highest BCUT2D eigenvalue weighted by Crippen LogP contribution is 2.24. The number of hydrogen-bond donors (Lipinski definition) is 2. The fraction of sp³-hybridized carbons (Fsp3) is 0.455. The van der Waals surface area contributed by atoms with Crippen molar-refractivity contribution in [2.75, 3.05) is 19.7 Å². The molecule has 0 aromatic carbocycles. The summed E-state index contributed by atoms with van der Waals surface area (Å²) in [4.78, 5) is 15.2. The maximum atomic E-state index is 11.2. The van der Waals surface area contributed by atoms with Gasteiger partial charge in [0.05, 0.1) is 11.6 Å². The number of pyridine rings is 1. The van der Waals surface area contributed by atoms with E-state index in [1.807, 2.05) is 0 Å². The minimum atomic E-state index is -0.0424. The van der Waals surface area contributed by atoms with Gasteiger partial charge in [0.1, 0.15) is 11.6 Å². The lowest BCUT2D eigenvalue weighted by molar-refractivity contribution is -0.121. The van der Waals surface area contributed by atoms with Crippen LogP contribution in [0, 0.1) is 0 Å². The summed E-state index contributed by atoms with van der Waals surface area (Å²) < 4.78 is 5.31. The van der Waals surface area contributed by atoms with Gasteiger partial charge in [0, 0.05) is 12.6 Å². The van der Waals surface area contributed by atoms with Gasteiger partial charge in [-0.05, 0) is 19.0 Å². The average Bonchev–Trinajstić information content (AvgIpc) is 2.34. The molecule has 20 heavy (non-hydrogen) atoms. The molecule has 0 fully saturated rings. The van der Waals surface area contributed by atoms with Crippen LogP contribution in [0.15, 0.2) is 12.3 Å². The molecule has 3 N–H and O–H groups in total. The summed E-state index contributed by atoms with van der Waals surface area (Å²) in [7, 11) is 0. The molecular formula is C11H17Cl4N3O2. The second-order valence-corrected chi connectivity index (χ2v) is 4.37. The third-order valence-electron chi connectivity index (χ3n) is 2.05. The molecular weight excluding hydrogens is 348 g/mol. The van der Waals surface area contributed by atoms with E-state index in [0.717, 1.165) is 0 Å². The van der Waals surface area contributed by atoms with E-state index in [0.29, 0.717) is 48.5 Å². The molecule has 9 heteroatoms. The topological polar surface area (TPSA) is 77.2 Å². The molecule has 0 atom stereocenters. The molecule has 1 aromatic heterocycles. The molecule has 0 saturated heterocycles. The van der Waals surface area contributed by atoms with Gasteiger partial charge < -0.3 is 15.8 Å². The number of ether oxygens (including phenoxy) is 1. The predicted molar refractivity (Wildman–Crippen MR) is 85.5 cm³/mol. The van der Waals surface area contributed by atoms with Gasteiger partial charge in [0.2, 0.25) is 11.8 Å². The van der Waals surface area contributed by atoms with Crippen LogP contribution in [0.25, 0.3) is 0 Å². The number of nitrogens with zero attached hydrogens (tertiary/aromatic N) is 1. The Labute approximate surface area is 140 Å². The smallest absolute Gasteiger partial charge is 0.232 e. The molecule has 0 saturated carbocycles. The van der Waals surface area contributed by atoms with E-state index in [1.165, 1.54) is 6.20 Å². The Bertz CT molecular complexity index is 407. The van der Waals surface area contributed by atoms with E-state index in [9.17, 15) is 4.79 Å². The summed E-state index contributed by atoms with van der Waals surface area (Å²) in [5.74, 6) is 0.261. The molecule has 1 aromatic rings. The maximum Gasteiger partial charge on any atom is 0.232 e. The van der Waals surface area contributed by atoms with E-state index in [4.69, 9.17) is 33.7 Å². The SMILES string of the molecule is Cl.Cl.NCCCC(=O)NCCOc1ncc(Cl)cc1Cl. The van der Waals surface area contributed by atoms with Gasteiger partial charge >= 0.3 is 0 Å². The number of rotatable bonds is 7.